The van der Waals surface area contributed by atoms with Crippen molar-refractivity contribution in [1.29, 1.82) is 0 Å². The van der Waals surface area contributed by atoms with E-state index in [4.69, 9.17) is 9.84 Å². The molecule has 0 aromatic carbocycles. The van der Waals surface area contributed by atoms with E-state index in [1.807, 2.05) is 0 Å². The summed E-state index contributed by atoms with van der Waals surface area (Å²) in [5.74, 6) is -0.747. The number of sulfonamides is 1. The summed E-state index contributed by atoms with van der Waals surface area (Å²) < 4.78 is 31.6. The maximum absolute atomic E-state index is 12.7. The molecule has 2 fully saturated rings. The molecule has 20 heavy (non-hydrogen) atoms. The molecular weight excluding hydrogens is 282 g/mol. The predicted molar refractivity (Wildman–Crippen MR) is 73.4 cm³/mol. The average molecular weight is 305 g/mol. The maximum Gasteiger partial charge on any atom is 0.310 e. The van der Waals surface area contributed by atoms with Crippen LogP contribution < -0.4 is 0 Å². The molecule has 7 heteroatoms. The lowest BCUT2D eigenvalue weighted by Gasteiger charge is -2.33. The number of aliphatic hydroxyl groups is 1. The molecule has 2 atom stereocenters. The summed E-state index contributed by atoms with van der Waals surface area (Å²) >= 11 is 0. The van der Waals surface area contributed by atoms with E-state index >= 15 is 0 Å². The van der Waals surface area contributed by atoms with E-state index in [1.165, 1.54) is 11.4 Å². The Bertz CT molecular complexity index is 442. The summed E-state index contributed by atoms with van der Waals surface area (Å²) in [6.45, 7) is 0.998. The molecule has 6 nitrogen and oxygen atoms in total. The fourth-order valence-corrected chi connectivity index (χ4v) is 5.47. The van der Waals surface area contributed by atoms with Crippen LogP contribution in [-0.2, 0) is 19.6 Å². The first-order valence-corrected chi connectivity index (χ1v) is 8.68. The van der Waals surface area contributed by atoms with Gasteiger partial charge in [-0.1, -0.05) is 6.42 Å². The number of carbonyl (C=O) groups excluding carboxylic acids is 1. The van der Waals surface area contributed by atoms with E-state index in [0.29, 0.717) is 38.8 Å². The number of hydrogen-bond acceptors (Lipinski definition) is 5. The normalized spacial score (nSPS) is 29.5. The molecule has 0 bridgehead atoms. The number of ether oxygens (including phenoxy) is 1. The molecule has 1 heterocycles. The van der Waals surface area contributed by atoms with E-state index in [1.54, 1.807) is 0 Å². The molecule has 0 radical (unpaired) electrons. The minimum Gasteiger partial charge on any atom is -0.469 e. The Kier molecular flexibility index (Phi) is 5.04. The van der Waals surface area contributed by atoms with Gasteiger partial charge in [-0.3, -0.25) is 4.79 Å². The van der Waals surface area contributed by atoms with Crippen LogP contribution in [0.2, 0.25) is 0 Å². The second-order valence-corrected chi connectivity index (χ2v) is 7.82. The molecule has 0 aromatic heterocycles. The quantitative estimate of drug-likeness (QED) is 0.758. The molecule has 0 amide bonds. The van der Waals surface area contributed by atoms with Crippen molar-refractivity contribution in [2.24, 2.45) is 11.8 Å². The molecule has 1 aliphatic heterocycles. The first kappa shape index (κ1) is 15.7. The summed E-state index contributed by atoms with van der Waals surface area (Å²) in [5, 5.41) is 8.47. The van der Waals surface area contributed by atoms with Gasteiger partial charge in [-0.05, 0) is 31.6 Å². The third-order valence-corrected chi connectivity index (χ3v) is 6.94. The third kappa shape index (κ3) is 2.99. The minimum absolute atomic E-state index is 0.113. The number of rotatable bonds is 4. The zero-order chi connectivity index (χ0) is 14.8. The third-order valence-electron chi connectivity index (χ3n) is 4.53. The van der Waals surface area contributed by atoms with Crippen LogP contribution in [0, 0.1) is 11.8 Å². The van der Waals surface area contributed by atoms with E-state index in [0.717, 1.165) is 6.42 Å². The summed E-state index contributed by atoms with van der Waals surface area (Å²) in [7, 11) is -2.14. The molecule has 2 rings (SSSR count). The lowest BCUT2D eigenvalue weighted by molar-refractivity contribution is -0.145. The molecule has 1 aliphatic carbocycles. The van der Waals surface area contributed by atoms with Crippen LogP contribution in [0.25, 0.3) is 0 Å². The fourth-order valence-electron chi connectivity index (χ4n) is 3.24. The van der Waals surface area contributed by atoms with Crippen molar-refractivity contribution in [3.05, 3.63) is 0 Å². The first-order chi connectivity index (χ1) is 9.50. The lowest BCUT2D eigenvalue weighted by Crippen LogP contribution is -2.46. The van der Waals surface area contributed by atoms with Crippen molar-refractivity contribution in [3.8, 4) is 0 Å². The van der Waals surface area contributed by atoms with Crippen LogP contribution in [0.3, 0.4) is 0 Å². The highest BCUT2D eigenvalue weighted by molar-refractivity contribution is 7.89. The molecule has 1 saturated heterocycles. The number of hydrogen-bond donors (Lipinski definition) is 1. The van der Waals surface area contributed by atoms with Crippen molar-refractivity contribution in [2.75, 3.05) is 26.8 Å². The van der Waals surface area contributed by atoms with Gasteiger partial charge in [0.05, 0.1) is 18.3 Å². The highest BCUT2D eigenvalue weighted by Gasteiger charge is 2.45. The standard InChI is InChI=1S/C13H23NO5S/c1-19-13(16)11-3-2-4-12(11)20(17,18)14-7-5-10(9-15)6-8-14/h10-12,15H,2-9H2,1H3. The summed E-state index contributed by atoms with van der Waals surface area (Å²) in [4.78, 5) is 11.7. The Balaban J connectivity index is 2.08. The zero-order valence-corrected chi connectivity index (χ0v) is 12.6. The SMILES string of the molecule is COC(=O)C1CCCC1S(=O)(=O)N1CCC(CO)CC1. The summed E-state index contributed by atoms with van der Waals surface area (Å²) in [5.41, 5.74) is 0. The van der Waals surface area contributed by atoms with Gasteiger partial charge in [0, 0.05) is 19.7 Å². The van der Waals surface area contributed by atoms with Crippen molar-refractivity contribution in [2.45, 2.75) is 37.4 Å². The Hall–Kier alpha value is -0.660. The van der Waals surface area contributed by atoms with Gasteiger partial charge >= 0.3 is 5.97 Å². The second kappa shape index (κ2) is 6.41. The van der Waals surface area contributed by atoms with E-state index in [-0.39, 0.29) is 12.5 Å². The number of carbonyl (C=O) groups is 1. The number of methoxy groups -OCH3 is 1. The Labute approximate surface area is 120 Å². The van der Waals surface area contributed by atoms with Crippen LogP contribution in [0.1, 0.15) is 32.1 Å². The molecule has 116 valence electrons. The van der Waals surface area contributed by atoms with Crippen molar-refractivity contribution >= 4 is 16.0 Å². The Morgan fingerprint density at radius 2 is 1.90 bits per heavy atom. The van der Waals surface area contributed by atoms with Crippen LogP contribution in [0.5, 0.6) is 0 Å². The monoisotopic (exact) mass is 305 g/mol. The van der Waals surface area contributed by atoms with Gasteiger partial charge in [0.2, 0.25) is 10.0 Å². The highest BCUT2D eigenvalue weighted by atomic mass is 32.2. The van der Waals surface area contributed by atoms with E-state index in [9.17, 15) is 13.2 Å². The Morgan fingerprint density at radius 3 is 2.45 bits per heavy atom. The van der Waals surface area contributed by atoms with E-state index in [2.05, 4.69) is 0 Å². The molecule has 2 unspecified atom stereocenters. The largest absolute Gasteiger partial charge is 0.469 e. The van der Waals surface area contributed by atoms with Crippen molar-refractivity contribution in [3.63, 3.8) is 0 Å². The zero-order valence-electron chi connectivity index (χ0n) is 11.8. The minimum atomic E-state index is -3.45. The molecule has 0 aromatic rings. The van der Waals surface area contributed by atoms with Gasteiger partial charge in [0.1, 0.15) is 0 Å². The summed E-state index contributed by atoms with van der Waals surface area (Å²) in [6.07, 6.45) is 3.24. The predicted octanol–water partition coefficient (Wildman–Crippen LogP) is 0.362. The first-order valence-electron chi connectivity index (χ1n) is 7.18. The molecule has 1 saturated carbocycles. The lowest BCUT2D eigenvalue weighted by atomic mass is 10.00. The Morgan fingerprint density at radius 1 is 1.25 bits per heavy atom. The number of nitrogens with zero attached hydrogens (tertiary/aromatic N) is 1. The average Bonchev–Trinajstić information content (AvgIpc) is 2.96. The number of piperidine rings is 1. The van der Waals surface area contributed by atoms with Crippen LogP contribution in [0.15, 0.2) is 0 Å². The molecular formula is C13H23NO5S. The van der Waals surface area contributed by atoms with Gasteiger partial charge in [-0.25, -0.2) is 12.7 Å². The maximum atomic E-state index is 12.7. The van der Waals surface area contributed by atoms with Gasteiger partial charge in [-0.2, -0.15) is 0 Å². The molecule has 1 N–H and O–H groups in total. The molecule has 0 spiro atoms. The fraction of sp³-hybridized carbons (Fsp3) is 0.923. The van der Waals surface area contributed by atoms with Crippen LogP contribution >= 0.6 is 0 Å². The molecule has 2 aliphatic rings. The van der Waals surface area contributed by atoms with Crippen LogP contribution in [0.4, 0.5) is 0 Å². The van der Waals surface area contributed by atoms with Crippen molar-refractivity contribution in [1.82, 2.24) is 4.31 Å². The topological polar surface area (TPSA) is 83.9 Å². The highest BCUT2D eigenvalue weighted by Crippen LogP contribution is 2.35. The van der Waals surface area contributed by atoms with Crippen molar-refractivity contribution < 1.29 is 23.1 Å². The number of esters is 1. The van der Waals surface area contributed by atoms with Crippen LogP contribution in [-0.4, -0.2) is 55.9 Å². The van der Waals surface area contributed by atoms with Gasteiger partial charge in [0.15, 0.2) is 0 Å². The second-order valence-electron chi connectivity index (χ2n) is 5.67. The number of aliphatic hydroxyl groups excluding tert-OH is 1. The van der Waals surface area contributed by atoms with E-state index < -0.39 is 27.2 Å². The summed E-state index contributed by atoms with van der Waals surface area (Å²) in [6, 6.07) is 0. The smallest absolute Gasteiger partial charge is 0.310 e. The van der Waals surface area contributed by atoms with Gasteiger partial charge in [-0.15, -0.1) is 0 Å². The van der Waals surface area contributed by atoms with Gasteiger partial charge in [0.25, 0.3) is 0 Å². The van der Waals surface area contributed by atoms with Gasteiger partial charge < -0.3 is 9.84 Å².